The van der Waals surface area contributed by atoms with E-state index in [9.17, 15) is 0 Å². The molecule has 0 fully saturated rings. The van der Waals surface area contributed by atoms with Crippen LogP contribution in [0.2, 0.25) is 0 Å². The Hall–Kier alpha value is -2.36. The van der Waals surface area contributed by atoms with Crippen molar-refractivity contribution < 1.29 is 0 Å². The molecule has 0 radical (unpaired) electrons. The van der Waals surface area contributed by atoms with Crippen LogP contribution in [-0.4, -0.2) is 34.5 Å². The van der Waals surface area contributed by atoms with Crippen molar-refractivity contribution in [1.29, 1.82) is 0 Å². The molecular formula is C17H18N4. The van der Waals surface area contributed by atoms with Crippen LogP contribution in [0, 0.1) is 0 Å². The minimum atomic E-state index is -0.182. The Kier molecular flexibility index (Phi) is 2.70. The lowest BCUT2D eigenvalue weighted by atomic mass is 9.96. The third-order valence-corrected chi connectivity index (χ3v) is 4.26. The number of fused-ring (bicyclic) bond motifs is 3. The van der Waals surface area contributed by atoms with Gasteiger partial charge in [-0.3, -0.25) is 9.98 Å². The second kappa shape index (κ2) is 4.58. The van der Waals surface area contributed by atoms with Crippen molar-refractivity contribution in [2.45, 2.75) is 19.0 Å². The van der Waals surface area contributed by atoms with Gasteiger partial charge in [0.25, 0.3) is 0 Å². The van der Waals surface area contributed by atoms with Crippen molar-refractivity contribution in [1.82, 2.24) is 9.88 Å². The van der Waals surface area contributed by atoms with Gasteiger partial charge in [0.05, 0.1) is 6.54 Å². The number of pyridine rings is 1. The fourth-order valence-corrected chi connectivity index (χ4v) is 3.30. The first-order valence-electron chi connectivity index (χ1n) is 7.36. The largest absolute Gasteiger partial charge is 0.362 e. The molecule has 0 saturated carbocycles. The molecule has 1 atom stereocenters. The average Bonchev–Trinajstić information content (AvgIpc) is 2.99. The lowest BCUT2D eigenvalue weighted by Crippen LogP contribution is -2.58. The Morgan fingerprint density at radius 2 is 2.05 bits per heavy atom. The molecule has 3 heterocycles. The third kappa shape index (κ3) is 1.98. The molecule has 21 heavy (non-hydrogen) atoms. The van der Waals surface area contributed by atoms with Gasteiger partial charge in [-0.25, -0.2) is 0 Å². The van der Waals surface area contributed by atoms with Crippen molar-refractivity contribution in [3.63, 3.8) is 0 Å². The zero-order chi connectivity index (χ0) is 14.3. The standard InChI is InChI=1S/C17H18N4/c1-17(12-13-6-4-5-9-18-13)20-15-8-3-2-7-14(15)16-19-10-11-21(16)17/h2-9,20H,10-12H2,1H3. The van der Waals surface area contributed by atoms with E-state index in [0.29, 0.717) is 0 Å². The summed E-state index contributed by atoms with van der Waals surface area (Å²) in [7, 11) is 0. The number of anilines is 1. The number of hydrogen-bond acceptors (Lipinski definition) is 4. The fraction of sp³-hybridized carbons (Fsp3) is 0.294. The van der Waals surface area contributed by atoms with Crippen LogP contribution >= 0.6 is 0 Å². The van der Waals surface area contributed by atoms with E-state index in [1.807, 2.05) is 18.3 Å². The second-order valence-electron chi connectivity index (χ2n) is 5.80. The van der Waals surface area contributed by atoms with Gasteiger partial charge >= 0.3 is 0 Å². The maximum absolute atomic E-state index is 4.72. The number of aromatic nitrogens is 1. The van der Waals surface area contributed by atoms with E-state index >= 15 is 0 Å². The van der Waals surface area contributed by atoms with Crippen molar-refractivity contribution in [2.24, 2.45) is 4.99 Å². The molecule has 4 nitrogen and oxygen atoms in total. The molecule has 1 aromatic heterocycles. The molecule has 0 bridgehead atoms. The predicted octanol–water partition coefficient (Wildman–Crippen LogP) is 2.53. The Morgan fingerprint density at radius 1 is 1.19 bits per heavy atom. The molecule has 0 amide bonds. The Bertz CT molecular complexity index is 695. The minimum Gasteiger partial charge on any atom is -0.362 e. The monoisotopic (exact) mass is 278 g/mol. The molecule has 4 heteroatoms. The van der Waals surface area contributed by atoms with Crippen molar-refractivity contribution in [3.8, 4) is 0 Å². The molecule has 1 aromatic carbocycles. The smallest absolute Gasteiger partial charge is 0.134 e. The highest BCUT2D eigenvalue weighted by atomic mass is 15.4. The first-order valence-corrected chi connectivity index (χ1v) is 7.36. The van der Waals surface area contributed by atoms with Crippen molar-refractivity contribution in [2.75, 3.05) is 18.4 Å². The van der Waals surface area contributed by atoms with Crippen LogP contribution in [0.4, 0.5) is 5.69 Å². The highest BCUT2D eigenvalue weighted by molar-refractivity contribution is 6.06. The molecule has 1 N–H and O–H groups in total. The number of nitrogens with one attached hydrogen (secondary N) is 1. The number of amidine groups is 1. The average molecular weight is 278 g/mol. The summed E-state index contributed by atoms with van der Waals surface area (Å²) in [6.07, 6.45) is 2.70. The van der Waals surface area contributed by atoms with E-state index in [1.54, 1.807) is 0 Å². The van der Waals surface area contributed by atoms with Crippen LogP contribution in [0.15, 0.2) is 53.7 Å². The quantitative estimate of drug-likeness (QED) is 0.917. The van der Waals surface area contributed by atoms with Crippen LogP contribution in [0.3, 0.4) is 0 Å². The number of aliphatic imine (C=N–C) groups is 1. The first-order chi connectivity index (χ1) is 10.3. The summed E-state index contributed by atoms with van der Waals surface area (Å²) in [6.45, 7) is 4.06. The van der Waals surface area contributed by atoms with E-state index in [-0.39, 0.29) is 5.66 Å². The van der Waals surface area contributed by atoms with Crippen LogP contribution in [0.5, 0.6) is 0 Å². The first kappa shape index (κ1) is 12.4. The molecule has 106 valence electrons. The van der Waals surface area contributed by atoms with E-state index in [2.05, 4.69) is 52.5 Å². The molecule has 4 rings (SSSR count). The van der Waals surface area contributed by atoms with E-state index in [4.69, 9.17) is 4.99 Å². The van der Waals surface area contributed by atoms with Gasteiger partial charge in [0.2, 0.25) is 0 Å². The summed E-state index contributed by atoms with van der Waals surface area (Å²) in [5.74, 6) is 1.11. The lowest BCUT2D eigenvalue weighted by Gasteiger charge is -2.46. The fourth-order valence-electron chi connectivity index (χ4n) is 3.30. The van der Waals surface area contributed by atoms with Crippen molar-refractivity contribution >= 4 is 11.5 Å². The number of hydrogen-bond donors (Lipinski definition) is 1. The maximum atomic E-state index is 4.72. The van der Waals surface area contributed by atoms with Crippen LogP contribution < -0.4 is 5.32 Å². The van der Waals surface area contributed by atoms with Gasteiger partial charge in [0, 0.05) is 36.1 Å². The summed E-state index contributed by atoms with van der Waals surface area (Å²) in [5, 5.41) is 3.70. The van der Waals surface area contributed by atoms with E-state index < -0.39 is 0 Å². The normalized spacial score (nSPS) is 23.1. The van der Waals surface area contributed by atoms with E-state index in [0.717, 1.165) is 36.7 Å². The number of rotatable bonds is 2. The molecule has 2 aliphatic rings. The zero-order valence-electron chi connectivity index (χ0n) is 12.1. The highest BCUT2D eigenvalue weighted by Gasteiger charge is 2.41. The van der Waals surface area contributed by atoms with Gasteiger partial charge in [0.1, 0.15) is 11.5 Å². The zero-order valence-corrected chi connectivity index (χ0v) is 12.1. The number of nitrogens with zero attached hydrogens (tertiary/aromatic N) is 3. The Labute approximate surface area is 124 Å². The van der Waals surface area contributed by atoms with E-state index in [1.165, 1.54) is 5.56 Å². The van der Waals surface area contributed by atoms with Gasteiger partial charge in [0.15, 0.2) is 0 Å². The number of para-hydroxylation sites is 1. The van der Waals surface area contributed by atoms with Crippen LogP contribution in [0.1, 0.15) is 18.2 Å². The Morgan fingerprint density at radius 3 is 2.90 bits per heavy atom. The Balaban J connectivity index is 1.75. The van der Waals surface area contributed by atoms with Gasteiger partial charge in [-0.1, -0.05) is 18.2 Å². The van der Waals surface area contributed by atoms with Gasteiger partial charge in [-0.05, 0) is 31.2 Å². The predicted molar refractivity (Wildman–Crippen MR) is 84.5 cm³/mol. The maximum Gasteiger partial charge on any atom is 0.134 e. The number of benzene rings is 1. The van der Waals surface area contributed by atoms with Crippen LogP contribution in [0.25, 0.3) is 0 Å². The van der Waals surface area contributed by atoms with Gasteiger partial charge in [-0.2, -0.15) is 0 Å². The second-order valence-corrected chi connectivity index (χ2v) is 5.80. The summed E-state index contributed by atoms with van der Waals surface area (Å²) in [6, 6.07) is 14.5. The SMILES string of the molecule is CC1(Cc2ccccn2)Nc2ccccc2C2=NCCN21. The van der Waals surface area contributed by atoms with Crippen LogP contribution in [-0.2, 0) is 6.42 Å². The molecule has 0 spiro atoms. The summed E-state index contributed by atoms with van der Waals surface area (Å²) >= 11 is 0. The minimum absolute atomic E-state index is 0.182. The van der Waals surface area contributed by atoms with Gasteiger partial charge in [-0.15, -0.1) is 0 Å². The highest BCUT2D eigenvalue weighted by Crippen LogP contribution is 2.35. The van der Waals surface area contributed by atoms with Crippen molar-refractivity contribution in [3.05, 3.63) is 59.9 Å². The molecule has 2 aliphatic heterocycles. The molecular weight excluding hydrogens is 260 g/mol. The molecule has 0 saturated heterocycles. The molecule has 1 unspecified atom stereocenters. The topological polar surface area (TPSA) is 40.5 Å². The third-order valence-electron chi connectivity index (χ3n) is 4.26. The lowest BCUT2D eigenvalue weighted by molar-refractivity contribution is 0.235. The van der Waals surface area contributed by atoms with Gasteiger partial charge < -0.3 is 10.2 Å². The molecule has 2 aromatic rings. The summed E-state index contributed by atoms with van der Waals surface area (Å²) < 4.78 is 0. The summed E-state index contributed by atoms with van der Waals surface area (Å²) in [5.41, 5.74) is 3.28. The molecule has 0 aliphatic carbocycles. The summed E-state index contributed by atoms with van der Waals surface area (Å²) in [4.78, 5) is 11.6.